The predicted octanol–water partition coefficient (Wildman–Crippen LogP) is 5.70. The lowest BCUT2D eigenvalue weighted by molar-refractivity contribution is 0.331. The number of anilines is 1. The van der Waals surface area contributed by atoms with Crippen LogP contribution in [0.5, 0.6) is 11.5 Å². The average Bonchev–Trinajstić information content (AvgIpc) is 2.90. The van der Waals surface area contributed by atoms with Gasteiger partial charge in [-0.25, -0.2) is 0 Å². The van der Waals surface area contributed by atoms with Gasteiger partial charge < -0.3 is 18.6 Å². The summed E-state index contributed by atoms with van der Waals surface area (Å²) in [4.78, 5) is 2.35. The van der Waals surface area contributed by atoms with E-state index in [4.69, 9.17) is 9.31 Å². The van der Waals surface area contributed by atoms with Crippen LogP contribution in [0.2, 0.25) is 0 Å². The molecule has 1 aliphatic carbocycles. The third kappa shape index (κ3) is 2.24. The molecule has 5 aromatic carbocycles. The lowest BCUT2D eigenvalue weighted by atomic mass is 9.76. The minimum absolute atomic E-state index is 0.764. The highest BCUT2D eigenvalue weighted by Gasteiger charge is 2.57. The van der Waals surface area contributed by atoms with Gasteiger partial charge in [0.25, 0.3) is 0 Å². The van der Waals surface area contributed by atoms with E-state index in [1.54, 1.807) is 0 Å². The van der Waals surface area contributed by atoms with E-state index in [0.29, 0.717) is 0 Å². The molecular weight excluding hydrogens is 431 g/mol. The maximum atomic E-state index is 7.06. The Bertz CT molecular complexity index is 1820. The lowest BCUT2D eigenvalue weighted by Crippen LogP contribution is -2.77. The van der Waals surface area contributed by atoms with Crippen LogP contribution >= 0.6 is 0 Å². The zero-order valence-electron chi connectivity index (χ0n) is 19.8. The number of rotatable bonds is 2. The molecule has 4 bridgehead atoms. The summed E-state index contributed by atoms with van der Waals surface area (Å²) in [6.45, 7) is 3.89. The fourth-order valence-corrected chi connectivity index (χ4v) is 6.68. The SMILES string of the molecule is CCN1c2cc(c3cccc4c3c2[CH-]C=C4)O[B-]12Oc1cc(c3cccc4cccc1c43)=[N+]2CC. The molecular formula is C30H24BN2O2-. The quantitative estimate of drug-likeness (QED) is 0.252. The molecule has 5 heteroatoms. The Morgan fingerprint density at radius 2 is 1.57 bits per heavy atom. The minimum atomic E-state index is -2.02. The molecule has 0 saturated heterocycles. The first kappa shape index (κ1) is 19.2. The van der Waals surface area contributed by atoms with Crippen molar-refractivity contribution in [3.05, 3.63) is 95.7 Å². The smallest absolute Gasteiger partial charge is 0.603 e. The van der Waals surface area contributed by atoms with Crippen LogP contribution in [0.4, 0.5) is 5.69 Å². The molecule has 1 unspecified atom stereocenters. The van der Waals surface area contributed by atoms with Crippen molar-refractivity contribution in [2.75, 3.05) is 17.9 Å². The van der Waals surface area contributed by atoms with E-state index < -0.39 is 6.82 Å². The molecule has 5 aromatic rings. The van der Waals surface area contributed by atoms with Crippen LogP contribution in [0.25, 0.3) is 38.4 Å². The molecule has 0 amide bonds. The first-order chi connectivity index (χ1) is 17.2. The van der Waals surface area contributed by atoms with Crippen LogP contribution in [0.15, 0.2) is 72.8 Å². The summed E-state index contributed by atoms with van der Waals surface area (Å²) in [6, 6.07) is 23.9. The van der Waals surface area contributed by atoms with Crippen molar-refractivity contribution >= 4 is 50.9 Å². The van der Waals surface area contributed by atoms with Crippen LogP contribution in [0.1, 0.15) is 25.0 Å². The maximum Gasteiger partial charge on any atom is 0.762 e. The van der Waals surface area contributed by atoms with Crippen LogP contribution in [0.3, 0.4) is 0 Å². The Labute approximate surface area is 203 Å². The molecule has 0 N–H and O–H groups in total. The summed E-state index contributed by atoms with van der Waals surface area (Å²) in [7, 11) is 0. The molecule has 1 spiro atoms. The molecule has 35 heavy (non-hydrogen) atoms. The zero-order valence-corrected chi connectivity index (χ0v) is 19.8. The molecule has 3 aliphatic rings. The topological polar surface area (TPSA) is 24.7 Å². The molecule has 2 aliphatic heterocycles. The second kappa shape index (κ2) is 6.51. The van der Waals surface area contributed by atoms with Crippen molar-refractivity contribution in [2.24, 2.45) is 0 Å². The number of hydrogen-bond acceptors (Lipinski definition) is 3. The molecule has 0 radical (unpaired) electrons. The van der Waals surface area contributed by atoms with E-state index in [1.807, 2.05) is 0 Å². The van der Waals surface area contributed by atoms with Gasteiger partial charge in [-0.3, -0.25) is 0 Å². The molecule has 2 heterocycles. The van der Waals surface area contributed by atoms with Crippen molar-refractivity contribution in [3.63, 3.8) is 0 Å². The first-order valence-corrected chi connectivity index (χ1v) is 12.5. The van der Waals surface area contributed by atoms with Crippen molar-refractivity contribution in [1.82, 2.24) is 4.49 Å². The van der Waals surface area contributed by atoms with E-state index in [-0.39, 0.29) is 0 Å². The third-order valence-corrected chi connectivity index (χ3v) is 8.08. The highest BCUT2D eigenvalue weighted by molar-refractivity contribution is 6.72. The van der Waals surface area contributed by atoms with Gasteiger partial charge in [-0.05, 0) is 36.4 Å². The second-order valence-electron chi connectivity index (χ2n) is 9.65. The molecule has 1 atom stereocenters. The average molecular weight is 455 g/mol. The summed E-state index contributed by atoms with van der Waals surface area (Å²) in [5, 5.41) is 8.43. The Morgan fingerprint density at radius 1 is 0.857 bits per heavy atom. The second-order valence-corrected chi connectivity index (χ2v) is 9.65. The van der Waals surface area contributed by atoms with Crippen molar-refractivity contribution < 1.29 is 9.31 Å². The number of nitrogens with zero attached hydrogens (tertiary/aromatic N) is 2. The Balaban J connectivity index is 1.50. The Morgan fingerprint density at radius 3 is 2.34 bits per heavy atom. The molecule has 170 valence electrons. The van der Waals surface area contributed by atoms with Crippen LogP contribution in [-0.4, -0.2) is 19.9 Å². The molecule has 8 rings (SSSR count). The number of hydrogen-bond donors (Lipinski definition) is 0. The van der Waals surface area contributed by atoms with Gasteiger partial charge in [0.05, 0.1) is 18.0 Å². The maximum absolute atomic E-state index is 7.06. The largest absolute Gasteiger partial charge is 0.762 e. The van der Waals surface area contributed by atoms with Gasteiger partial charge in [0.15, 0.2) is 5.36 Å². The number of benzene rings is 5. The summed E-state index contributed by atoms with van der Waals surface area (Å²) in [6.07, 6.45) is 6.56. The van der Waals surface area contributed by atoms with Crippen LogP contribution in [0, 0.1) is 6.42 Å². The third-order valence-electron chi connectivity index (χ3n) is 8.08. The summed E-state index contributed by atoms with van der Waals surface area (Å²) >= 11 is 0. The predicted molar refractivity (Wildman–Crippen MR) is 145 cm³/mol. The molecule has 0 aromatic heterocycles. The fourth-order valence-electron chi connectivity index (χ4n) is 6.68. The van der Waals surface area contributed by atoms with Gasteiger partial charge >= 0.3 is 6.82 Å². The lowest BCUT2D eigenvalue weighted by Gasteiger charge is -2.53. The number of allylic oxidation sites excluding steroid dienone is 1. The van der Waals surface area contributed by atoms with Gasteiger partial charge in [0.2, 0.25) is 0 Å². The molecule has 4 nitrogen and oxygen atoms in total. The summed E-state index contributed by atoms with van der Waals surface area (Å²) in [5.74, 6) is 1.78. The standard InChI is InChI=1S/C30H24BN2O2/c1-3-32-25-17-27(23-15-7-11-19-9-5-13-21(25)29(19)23)34-31(32)33(4-2)26-18-28(35-31)24-16-8-12-20-10-6-14-22(26)30(20)24/h5-18H,3-4H2,1-2H3/q-1. The van der Waals surface area contributed by atoms with Crippen LogP contribution < -0.4 is 24.0 Å². The minimum Gasteiger partial charge on any atom is -0.603 e. The van der Waals surface area contributed by atoms with Crippen molar-refractivity contribution in [3.8, 4) is 11.5 Å². The number of fused-ring (bicyclic) bond motifs is 8. The van der Waals surface area contributed by atoms with E-state index in [2.05, 4.69) is 108 Å². The van der Waals surface area contributed by atoms with E-state index in [0.717, 1.165) is 35.4 Å². The Hall–Kier alpha value is -4.12. The normalized spacial score (nSPS) is 19.4. The summed E-state index contributed by atoms with van der Waals surface area (Å²) < 4.78 is 16.5. The van der Waals surface area contributed by atoms with E-state index in [9.17, 15) is 0 Å². The van der Waals surface area contributed by atoms with E-state index >= 15 is 0 Å². The highest BCUT2D eigenvalue weighted by atomic mass is 16.6. The van der Waals surface area contributed by atoms with Gasteiger partial charge in [0, 0.05) is 22.2 Å². The van der Waals surface area contributed by atoms with Gasteiger partial charge in [-0.2, -0.15) is 0 Å². The van der Waals surface area contributed by atoms with Crippen molar-refractivity contribution in [1.29, 1.82) is 0 Å². The summed E-state index contributed by atoms with van der Waals surface area (Å²) in [5.41, 5.74) is 3.65. The van der Waals surface area contributed by atoms with Gasteiger partial charge in [-0.15, -0.1) is 29.7 Å². The van der Waals surface area contributed by atoms with Crippen LogP contribution in [-0.2, 0) is 0 Å². The molecule has 0 fully saturated rings. The van der Waals surface area contributed by atoms with E-state index in [1.165, 1.54) is 43.7 Å². The van der Waals surface area contributed by atoms with Gasteiger partial charge in [0.1, 0.15) is 0 Å². The first-order valence-electron chi connectivity index (χ1n) is 12.5. The highest BCUT2D eigenvalue weighted by Crippen LogP contribution is 2.47. The van der Waals surface area contributed by atoms with Gasteiger partial charge in [-0.1, -0.05) is 66.5 Å². The zero-order chi connectivity index (χ0) is 23.3. The monoisotopic (exact) mass is 455 g/mol. The fraction of sp³-hybridized carbons (Fsp3) is 0.133. The Kier molecular flexibility index (Phi) is 3.57. The van der Waals surface area contributed by atoms with Crippen molar-refractivity contribution in [2.45, 2.75) is 13.8 Å². The molecule has 0 saturated carbocycles.